The molecule has 0 aliphatic carbocycles. The van der Waals surface area contributed by atoms with Crippen LogP contribution < -0.4 is 5.32 Å². The van der Waals surface area contributed by atoms with Crippen LogP contribution in [0.25, 0.3) is 0 Å². The summed E-state index contributed by atoms with van der Waals surface area (Å²) in [4.78, 5) is 2.40. The number of ether oxygens (including phenoxy) is 1. The monoisotopic (exact) mass is 278 g/mol. The quantitative estimate of drug-likeness (QED) is 0.666. The number of rotatable bonds is 10. The zero-order chi connectivity index (χ0) is 14.8. The first kappa shape index (κ1) is 17.2. The maximum absolute atomic E-state index is 5.16. The van der Waals surface area contributed by atoms with Crippen molar-refractivity contribution >= 4 is 0 Å². The van der Waals surface area contributed by atoms with E-state index in [1.165, 1.54) is 30.5 Å². The normalized spacial score (nSPS) is 11.5. The van der Waals surface area contributed by atoms with Crippen LogP contribution in [0, 0.1) is 0 Å². The van der Waals surface area contributed by atoms with Gasteiger partial charge in [-0.25, -0.2) is 0 Å². The Kier molecular flexibility index (Phi) is 8.51. The van der Waals surface area contributed by atoms with Crippen molar-refractivity contribution in [3.8, 4) is 0 Å². The fourth-order valence-electron chi connectivity index (χ4n) is 2.10. The summed E-state index contributed by atoms with van der Waals surface area (Å²) in [7, 11) is 3.93. The maximum Gasteiger partial charge on any atom is 0.0713 e. The van der Waals surface area contributed by atoms with E-state index in [2.05, 4.69) is 55.4 Å². The molecule has 3 heteroatoms. The highest BCUT2D eigenvalue weighted by molar-refractivity contribution is 5.22. The Balaban J connectivity index is 2.13. The van der Waals surface area contributed by atoms with Crippen LogP contribution in [-0.4, -0.2) is 38.2 Å². The predicted octanol–water partition coefficient (Wildman–Crippen LogP) is 3.04. The van der Waals surface area contributed by atoms with Crippen molar-refractivity contribution in [2.75, 3.05) is 27.2 Å². The minimum Gasteiger partial charge on any atom is -0.380 e. The first-order valence-electron chi connectivity index (χ1n) is 7.61. The van der Waals surface area contributed by atoms with Crippen LogP contribution in [0.2, 0.25) is 0 Å². The Hall–Kier alpha value is -0.900. The third-order valence-corrected chi connectivity index (χ3v) is 3.63. The first-order valence-corrected chi connectivity index (χ1v) is 7.61. The van der Waals surface area contributed by atoms with Gasteiger partial charge in [0.15, 0.2) is 0 Å². The number of nitrogens with zero attached hydrogens (tertiary/aromatic N) is 1. The molecule has 1 aromatic carbocycles. The van der Waals surface area contributed by atoms with Crippen molar-refractivity contribution in [1.82, 2.24) is 10.2 Å². The second-order valence-corrected chi connectivity index (χ2v) is 5.71. The number of nitrogens with one attached hydrogen (secondary N) is 1. The lowest BCUT2D eigenvalue weighted by atomic mass is 10.1. The number of hydrogen-bond acceptors (Lipinski definition) is 3. The van der Waals surface area contributed by atoms with Crippen molar-refractivity contribution in [3.63, 3.8) is 0 Å². The third-order valence-electron chi connectivity index (χ3n) is 3.63. The van der Waals surface area contributed by atoms with E-state index in [1.807, 2.05) is 0 Å². The molecule has 0 atom stereocenters. The van der Waals surface area contributed by atoms with Gasteiger partial charge >= 0.3 is 0 Å². The van der Waals surface area contributed by atoms with Crippen molar-refractivity contribution in [2.45, 2.75) is 45.9 Å². The lowest BCUT2D eigenvalue weighted by molar-refractivity contribution is 0.185. The van der Waals surface area contributed by atoms with E-state index in [0.29, 0.717) is 12.6 Å². The molecule has 0 amide bonds. The molecule has 0 aromatic heterocycles. The average molecular weight is 278 g/mol. The highest BCUT2D eigenvalue weighted by Crippen LogP contribution is 2.06. The summed E-state index contributed by atoms with van der Waals surface area (Å²) in [5, 5.41) is 3.51. The Morgan fingerprint density at radius 2 is 1.95 bits per heavy atom. The molecule has 0 aliphatic heterocycles. The number of benzene rings is 1. The van der Waals surface area contributed by atoms with Crippen molar-refractivity contribution < 1.29 is 4.74 Å². The second-order valence-electron chi connectivity index (χ2n) is 5.71. The van der Waals surface area contributed by atoms with Crippen LogP contribution in [0.5, 0.6) is 0 Å². The molecule has 0 aliphatic rings. The average Bonchev–Trinajstić information content (AvgIpc) is 2.43. The van der Waals surface area contributed by atoms with Gasteiger partial charge in [0.2, 0.25) is 0 Å². The zero-order valence-electron chi connectivity index (χ0n) is 13.5. The zero-order valence-corrected chi connectivity index (χ0v) is 13.5. The summed E-state index contributed by atoms with van der Waals surface area (Å²) in [6.45, 7) is 8.38. The molecule has 0 saturated carbocycles. The summed E-state index contributed by atoms with van der Waals surface area (Å²) >= 11 is 0. The molecule has 1 rings (SSSR count). The van der Waals surface area contributed by atoms with Crippen LogP contribution in [0.4, 0.5) is 0 Å². The molecule has 1 aromatic rings. The minimum absolute atomic E-state index is 0.645. The highest BCUT2D eigenvalue weighted by atomic mass is 16.5. The lowest BCUT2D eigenvalue weighted by Crippen LogP contribution is -2.27. The fraction of sp³-hybridized carbons (Fsp3) is 0.647. The van der Waals surface area contributed by atoms with Gasteiger partial charge in [-0.15, -0.1) is 0 Å². The fourth-order valence-corrected chi connectivity index (χ4v) is 2.10. The Morgan fingerprint density at radius 1 is 1.20 bits per heavy atom. The van der Waals surface area contributed by atoms with Crippen molar-refractivity contribution in [2.24, 2.45) is 0 Å². The smallest absolute Gasteiger partial charge is 0.0713 e. The molecule has 0 bridgehead atoms. The standard InChI is InChI=1S/C17H30N2O/c1-15(2)19(3)11-6-5-10-18-13-16-8-7-9-17(12-16)14-20-4/h7-9,12,15,18H,5-6,10-11,13-14H2,1-4H3. The first-order chi connectivity index (χ1) is 9.63. The summed E-state index contributed by atoms with van der Waals surface area (Å²) in [6.07, 6.45) is 2.49. The topological polar surface area (TPSA) is 24.5 Å². The van der Waals surface area contributed by atoms with Crippen LogP contribution in [-0.2, 0) is 17.9 Å². The SMILES string of the molecule is COCc1cccc(CNCCCCN(C)C(C)C)c1. The maximum atomic E-state index is 5.16. The molecule has 3 nitrogen and oxygen atoms in total. The van der Waals surface area contributed by atoms with Crippen molar-refractivity contribution in [1.29, 1.82) is 0 Å². The Bertz CT molecular complexity index is 366. The molecule has 20 heavy (non-hydrogen) atoms. The van der Waals surface area contributed by atoms with E-state index in [1.54, 1.807) is 7.11 Å². The van der Waals surface area contributed by atoms with Gasteiger partial charge in [0.05, 0.1) is 6.61 Å². The van der Waals surface area contributed by atoms with Crippen LogP contribution >= 0.6 is 0 Å². The van der Waals surface area contributed by atoms with Crippen LogP contribution in [0.15, 0.2) is 24.3 Å². The van der Waals surface area contributed by atoms with E-state index in [4.69, 9.17) is 4.74 Å². The van der Waals surface area contributed by atoms with E-state index in [-0.39, 0.29) is 0 Å². The molecule has 0 saturated heterocycles. The molecule has 0 unspecified atom stereocenters. The predicted molar refractivity (Wildman–Crippen MR) is 85.9 cm³/mol. The third kappa shape index (κ3) is 7.04. The summed E-state index contributed by atoms with van der Waals surface area (Å²) in [5.74, 6) is 0. The van der Waals surface area contributed by atoms with E-state index in [9.17, 15) is 0 Å². The molecule has 114 valence electrons. The van der Waals surface area contributed by atoms with Gasteiger partial charge in [-0.05, 0) is 58.0 Å². The molecule has 0 radical (unpaired) electrons. The second kappa shape index (κ2) is 9.92. The molecule has 1 N–H and O–H groups in total. The summed E-state index contributed by atoms with van der Waals surface area (Å²) in [6, 6.07) is 9.23. The summed E-state index contributed by atoms with van der Waals surface area (Å²) < 4.78 is 5.16. The van der Waals surface area contributed by atoms with Gasteiger partial charge in [0.25, 0.3) is 0 Å². The van der Waals surface area contributed by atoms with E-state index >= 15 is 0 Å². The Labute approximate surface area is 124 Å². The van der Waals surface area contributed by atoms with Crippen molar-refractivity contribution in [3.05, 3.63) is 35.4 Å². The minimum atomic E-state index is 0.645. The Morgan fingerprint density at radius 3 is 2.65 bits per heavy atom. The molecular formula is C17H30N2O. The van der Waals surface area contributed by atoms with Gasteiger partial charge in [0, 0.05) is 19.7 Å². The number of methoxy groups -OCH3 is 1. The lowest BCUT2D eigenvalue weighted by Gasteiger charge is -2.20. The van der Waals surface area contributed by atoms with Gasteiger partial charge in [-0.1, -0.05) is 24.3 Å². The van der Waals surface area contributed by atoms with Gasteiger partial charge < -0.3 is 15.0 Å². The van der Waals surface area contributed by atoms with Crippen LogP contribution in [0.3, 0.4) is 0 Å². The molecule has 0 spiro atoms. The summed E-state index contributed by atoms with van der Waals surface area (Å²) in [5.41, 5.74) is 2.57. The van der Waals surface area contributed by atoms with E-state index in [0.717, 1.165) is 13.1 Å². The van der Waals surface area contributed by atoms with Gasteiger partial charge in [-0.3, -0.25) is 0 Å². The van der Waals surface area contributed by atoms with Gasteiger partial charge in [-0.2, -0.15) is 0 Å². The largest absolute Gasteiger partial charge is 0.380 e. The molecule has 0 fully saturated rings. The van der Waals surface area contributed by atoms with E-state index < -0.39 is 0 Å². The number of unbranched alkanes of at least 4 members (excludes halogenated alkanes) is 1. The molecular weight excluding hydrogens is 248 g/mol. The molecule has 0 heterocycles. The highest BCUT2D eigenvalue weighted by Gasteiger charge is 2.01. The van der Waals surface area contributed by atoms with Gasteiger partial charge in [0.1, 0.15) is 0 Å². The number of hydrogen-bond donors (Lipinski definition) is 1. The van der Waals surface area contributed by atoms with Crippen LogP contribution in [0.1, 0.15) is 37.8 Å².